The summed E-state index contributed by atoms with van der Waals surface area (Å²) in [5.41, 5.74) is 2.03. The minimum absolute atomic E-state index is 0.0800. The third-order valence-electron chi connectivity index (χ3n) is 7.11. The molecular weight excluding hydrogens is 474 g/mol. The Labute approximate surface area is 212 Å². The fourth-order valence-electron chi connectivity index (χ4n) is 5.15. The number of hydrogen-bond donors (Lipinski definition) is 0. The van der Waals surface area contributed by atoms with Crippen LogP contribution in [0.5, 0.6) is 11.5 Å². The molecule has 37 heavy (non-hydrogen) atoms. The number of rotatable bonds is 5. The van der Waals surface area contributed by atoms with E-state index in [9.17, 15) is 19.2 Å². The summed E-state index contributed by atoms with van der Waals surface area (Å²) in [6, 6.07) is 11.4. The maximum Gasteiger partial charge on any atom is 0.270 e. The van der Waals surface area contributed by atoms with Crippen LogP contribution >= 0.6 is 0 Å². The minimum atomic E-state index is -0.781. The minimum Gasteiger partial charge on any atom is -0.493 e. The fraction of sp³-hybridized carbons (Fsp3) is 0.250. The Balaban J connectivity index is 1.26. The van der Waals surface area contributed by atoms with Crippen molar-refractivity contribution in [1.29, 1.82) is 0 Å². The number of carbonyl (C=O) groups excluding carboxylic acids is 4. The van der Waals surface area contributed by atoms with Gasteiger partial charge in [0.25, 0.3) is 23.6 Å². The van der Waals surface area contributed by atoms with Gasteiger partial charge >= 0.3 is 0 Å². The fourth-order valence-corrected chi connectivity index (χ4v) is 5.15. The van der Waals surface area contributed by atoms with Crippen molar-refractivity contribution in [1.82, 2.24) is 9.88 Å². The molecule has 0 spiro atoms. The van der Waals surface area contributed by atoms with Gasteiger partial charge in [0, 0.05) is 35.3 Å². The highest BCUT2D eigenvalue weighted by Gasteiger charge is 2.41. The van der Waals surface area contributed by atoms with Crippen LogP contribution in [0.25, 0.3) is 0 Å². The topological polar surface area (TPSA) is 106 Å². The third kappa shape index (κ3) is 3.74. The molecule has 0 atom stereocenters. The van der Waals surface area contributed by atoms with Gasteiger partial charge in [0.15, 0.2) is 11.5 Å². The number of hydrogen-bond acceptors (Lipinski definition) is 7. The predicted molar refractivity (Wildman–Crippen MR) is 132 cm³/mol. The summed E-state index contributed by atoms with van der Waals surface area (Å²) in [6.07, 6.45) is 7.03. The lowest BCUT2D eigenvalue weighted by atomic mass is 10.1. The van der Waals surface area contributed by atoms with E-state index in [1.807, 2.05) is 0 Å². The summed E-state index contributed by atoms with van der Waals surface area (Å²) in [4.78, 5) is 58.1. The smallest absolute Gasteiger partial charge is 0.270 e. The summed E-state index contributed by atoms with van der Waals surface area (Å²) in [5.74, 6) is -1.30. The maximum absolute atomic E-state index is 13.4. The summed E-state index contributed by atoms with van der Waals surface area (Å²) < 4.78 is 11.6. The van der Waals surface area contributed by atoms with Crippen molar-refractivity contribution < 1.29 is 28.7 Å². The van der Waals surface area contributed by atoms with Crippen LogP contribution in [-0.2, 0) is 6.54 Å². The van der Waals surface area contributed by atoms with Crippen molar-refractivity contribution in [3.8, 4) is 11.5 Å². The van der Waals surface area contributed by atoms with Gasteiger partial charge in [-0.05, 0) is 61.6 Å². The molecule has 2 aromatic carbocycles. The number of pyridine rings is 1. The quantitative estimate of drug-likeness (QED) is 0.491. The number of nitrogens with zero attached hydrogens (tertiary/aromatic N) is 3. The molecule has 0 saturated heterocycles. The van der Waals surface area contributed by atoms with Gasteiger partial charge in [-0.15, -0.1) is 0 Å². The Kier molecular flexibility index (Phi) is 5.48. The van der Waals surface area contributed by atoms with Crippen molar-refractivity contribution in [2.24, 2.45) is 0 Å². The number of amides is 4. The second-order valence-electron chi connectivity index (χ2n) is 9.29. The van der Waals surface area contributed by atoms with Gasteiger partial charge in [-0.2, -0.15) is 0 Å². The molecule has 2 aliphatic heterocycles. The van der Waals surface area contributed by atoms with Crippen LogP contribution in [0.2, 0.25) is 0 Å². The SMILES string of the molecule is COc1ccc(N2Cc3ccc(C(=O)N4C(=O)c5ccncc5C4=O)cc3C2=O)cc1OC1CCCC1. The van der Waals surface area contributed by atoms with E-state index in [4.69, 9.17) is 9.47 Å². The molecule has 0 N–H and O–H groups in total. The van der Waals surface area contributed by atoms with Crippen LogP contribution < -0.4 is 14.4 Å². The zero-order valence-corrected chi connectivity index (χ0v) is 20.1. The zero-order valence-electron chi connectivity index (χ0n) is 20.1. The van der Waals surface area contributed by atoms with Crippen molar-refractivity contribution >= 4 is 29.3 Å². The van der Waals surface area contributed by atoms with Gasteiger partial charge in [-0.3, -0.25) is 24.2 Å². The Bertz CT molecular complexity index is 1440. The maximum atomic E-state index is 13.4. The van der Waals surface area contributed by atoms with Crippen molar-refractivity contribution in [2.75, 3.05) is 12.0 Å². The molecule has 1 aliphatic carbocycles. The molecule has 3 heterocycles. The van der Waals surface area contributed by atoms with E-state index in [1.165, 1.54) is 30.6 Å². The van der Waals surface area contributed by atoms with Crippen LogP contribution in [0, 0.1) is 0 Å². The molecule has 186 valence electrons. The molecular formula is C28H23N3O6. The second kappa shape index (κ2) is 8.85. The van der Waals surface area contributed by atoms with Crippen LogP contribution in [-0.4, -0.2) is 46.7 Å². The summed E-state index contributed by atoms with van der Waals surface area (Å²) in [6.45, 7) is 0.316. The molecule has 0 radical (unpaired) electrons. The number of imide groups is 3. The Hall–Kier alpha value is -4.53. The van der Waals surface area contributed by atoms with Crippen LogP contribution in [0.15, 0.2) is 54.9 Å². The van der Waals surface area contributed by atoms with E-state index in [-0.39, 0.29) is 28.7 Å². The molecule has 9 nitrogen and oxygen atoms in total. The number of carbonyl (C=O) groups is 4. The first-order chi connectivity index (χ1) is 18.0. The lowest BCUT2D eigenvalue weighted by Crippen LogP contribution is -2.36. The molecule has 4 amide bonds. The van der Waals surface area contributed by atoms with E-state index in [1.54, 1.807) is 36.3 Å². The normalized spacial score (nSPS) is 16.8. The molecule has 3 aromatic rings. The summed E-state index contributed by atoms with van der Waals surface area (Å²) in [5, 5.41) is 0. The molecule has 1 saturated carbocycles. The van der Waals surface area contributed by atoms with Gasteiger partial charge in [-0.1, -0.05) is 6.07 Å². The third-order valence-corrected chi connectivity index (χ3v) is 7.11. The van der Waals surface area contributed by atoms with Crippen LogP contribution in [0.1, 0.15) is 72.7 Å². The lowest BCUT2D eigenvalue weighted by Gasteiger charge is -2.20. The summed E-state index contributed by atoms with van der Waals surface area (Å²) >= 11 is 0. The highest BCUT2D eigenvalue weighted by atomic mass is 16.5. The average molecular weight is 498 g/mol. The molecule has 1 fully saturated rings. The highest BCUT2D eigenvalue weighted by molar-refractivity contribution is 6.31. The van der Waals surface area contributed by atoms with Crippen molar-refractivity contribution in [3.05, 3.63) is 82.7 Å². The Morgan fingerprint density at radius 3 is 2.43 bits per heavy atom. The van der Waals surface area contributed by atoms with E-state index in [0.29, 0.717) is 34.2 Å². The largest absolute Gasteiger partial charge is 0.493 e. The van der Waals surface area contributed by atoms with Crippen LogP contribution in [0.3, 0.4) is 0 Å². The van der Waals surface area contributed by atoms with E-state index < -0.39 is 17.7 Å². The molecule has 3 aliphatic rings. The van der Waals surface area contributed by atoms with E-state index in [2.05, 4.69) is 4.98 Å². The lowest BCUT2D eigenvalue weighted by molar-refractivity contribution is 0.0566. The molecule has 9 heteroatoms. The monoisotopic (exact) mass is 497 g/mol. The first-order valence-corrected chi connectivity index (χ1v) is 12.1. The van der Waals surface area contributed by atoms with Gasteiger partial charge in [-0.25, -0.2) is 4.90 Å². The van der Waals surface area contributed by atoms with Crippen molar-refractivity contribution in [2.45, 2.75) is 38.3 Å². The van der Waals surface area contributed by atoms with Gasteiger partial charge in [0.1, 0.15) is 0 Å². The molecule has 0 unspecified atom stereocenters. The number of methoxy groups -OCH3 is 1. The Morgan fingerprint density at radius 1 is 0.892 bits per heavy atom. The number of aromatic nitrogens is 1. The number of benzene rings is 2. The van der Waals surface area contributed by atoms with E-state index >= 15 is 0 Å². The molecule has 6 rings (SSSR count). The van der Waals surface area contributed by atoms with Crippen LogP contribution in [0.4, 0.5) is 5.69 Å². The van der Waals surface area contributed by atoms with E-state index in [0.717, 1.165) is 31.2 Å². The Morgan fingerprint density at radius 2 is 1.68 bits per heavy atom. The van der Waals surface area contributed by atoms with Gasteiger partial charge in [0.05, 0.1) is 30.9 Å². The predicted octanol–water partition coefficient (Wildman–Crippen LogP) is 4.01. The summed E-state index contributed by atoms with van der Waals surface area (Å²) in [7, 11) is 1.58. The first kappa shape index (κ1) is 22.9. The number of anilines is 1. The number of fused-ring (bicyclic) bond motifs is 2. The van der Waals surface area contributed by atoms with Gasteiger partial charge in [0.2, 0.25) is 0 Å². The second-order valence-corrected chi connectivity index (χ2v) is 9.29. The standard InChI is InChI=1S/C28H23N3O6/c1-36-23-9-8-18(13-24(23)37-19-4-2-3-5-19)30-15-17-7-6-16(12-21(17)26(30)33)25(32)31-27(34)20-10-11-29-14-22(20)28(31)35/h6-14,19H,2-5,15H2,1H3. The first-order valence-electron chi connectivity index (χ1n) is 12.1. The highest BCUT2D eigenvalue weighted by Crippen LogP contribution is 2.38. The van der Waals surface area contributed by atoms with Gasteiger partial charge < -0.3 is 14.4 Å². The van der Waals surface area contributed by atoms with Crippen molar-refractivity contribution in [3.63, 3.8) is 0 Å². The number of ether oxygens (including phenoxy) is 2. The molecule has 0 bridgehead atoms. The average Bonchev–Trinajstić information content (AvgIpc) is 3.61. The molecule has 1 aromatic heterocycles. The zero-order chi connectivity index (χ0) is 25.7.